The summed E-state index contributed by atoms with van der Waals surface area (Å²) in [6.45, 7) is 0. The molecule has 0 saturated heterocycles. The number of aryl methyl sites for hydroxylation is 2. The van der Waals surface area contributed by atoms with E-state index >= 15 is 0 Å². The summed E-state index contributed by atoms with van der Waals surface area (Å²) in [5.41, 5.74) is 6.44. The number of benzene rings is 2. The minimum atomic E-state index is 0.678. The Morgan fingerprint density at radius 2 is 1.79 bits per heavy atom. The van der Waals surface area contributed by atoms with Crippen LogP contribution in [0.3, 0.4) is 0 Å². The maximum atomic E-state index is 4.73. The zero-order valence-electron chi connectivity index (χ0n) is 18.4. The van der Waals surface area contributed by atoms with Crippen LogP contribution in [0.25, 0.3) is 33.2 Å². The molecule has 4 aromatic heterocycles. The second-order valence-corrected chi connectivity index (χ2v) is 8.26. The fourth-order valence-corrected chi connectivity index (χ4v) is 4.15. The van der Waals surface area contributed by atoms with E-state index in [9.17, 15) is 0 Å². The Hall–Kier alpha value is -4.59. The van der Waals surface area contributed by atoms with Gasteiger partial charge in [0, 0.05) is 40.2 Å². The lowest BCUT2D eigenvalue weighted by molar-refractivity contribution is 0.797. The van der Waals surface area contributed by atoms with Crippen LogP contribution < -0.4 is 5.32 Å². The Morgan fingerprint density at radius 3 is 2.74 bits per heavy atom. The first-order valence-corrected chi connectivity index (χ1v) is 11.2. The summed E-state index contributed by atoms with van der Waals surface area (Å²) in [7, 11) is 0. The fourth-order valence-electron chi connectivity index (χ4n) is 4.15. The van der Waals surface area contributed by atoms with Crippen LogP contribution in [0.15, 0.2) is 79.4 Å². The molecular weight excluding hydrogens is 424 g/mol. The van der Waals surface area contributed by atoms with Crippen LogP contribution in [0.2, 0.25) is 0 Å². The third-order valence-electron chi connectivity index (χ3n) is 5.86. The van der Waals surface area contributed by atoms with Gasteiger partial charge in [0.2, 0.25) is 0 Å². The third kappa shape index (κ3) is 4.21. The van der Waals surface area contributed by atoms with Gasteiger partial charge in [0.05, 0.1) is 17.9 Å². The fraction of sp³-hybridized carbons (Fsp3) is 0.115. The molecule has 8 nitrogen and oxygen atoms in total. The van der Waals surface area contributed by atoms with Gasteiger partial charge in [0.25, 0.3) is 0 Å². The monoisotopic (exact) mass is 446 g/mol. The summed E-state index contributed by atoms with van der Waals surface area (Å²) in [5, 5.41) is 20.4. The topological polar surface area (TPSA) is 108 Å². The molecule has 0 aliphatic carbocycles. The molecule has 8 heteroatoms. The number of aromatic amines is 2. The van der Waals surface area contributed by atoms with E-state index in [1.807, 2.05) is 42.7 Å². The van der Waals surface area contributed by atoms with E-state index in [-0.39, 0.29) is 0 Å². The van der Waals surface area contributed by atoms with Gasteiger partial charge < -0.3 is 10.3 Å². The minimum absolute atomic E-state index is 0.678. The number of fused-ring (bicyclic) bond motifs is 2. The van der Waals surface area contributed by atoms with Crippen LogP contribution in [0.4, 0.5) is 11.5 Å². The van der Waals surface area contributed by atoms with Crippen molar-refractivity contribution in [1.82, 2.24) is 35.3 Å². The maximum absolute atomic E-state index is 4.73. The lowest BCUT2D eigenvalue weighted by Crippen LogP contribution is -1.96. The number of anilines is 2. The van der Waals surface area contributed by atoms with Crippen LogP contribution in [0.5, 0.6) is 0 Å². The Bertz CT molecular complexity index is 1570. The summed E-state index contributed by atoms with van der Waals surface area (Å²) in [6, 6.07) is 18.4. The number of rotatable bonds is 7. The molecule has 34 heavy (non-hydrogen) atoms. The number of aromatic nitrogens is 7. The summed E-state index contributed by atoms with van der Waals surface area (Å²) in [5.74, 6) is 1.42. The van der Waals surface area contributed by atoms with Crippen LogP contribution in [0, 0.1) is 0 Å². The lowest BCUT2D eigenvalue weighted by atomic mass is 10.1. The van der Waals surface area contributed by atoms with Crippen LogP contribution in [0.1, 0.15) is 17.7 Å². The predicted molar refractivity (Wildman–Crippen MR) is 133 cm³/mol. The van der Waals surface area contributed by atoms with E-state index in [2.05, 4.69) is 59.9 Å². The molecule has 2 aromatic carbocycles. The summed E-state index contributed by atoms with van der Waals surface area (Å²) in [6.07, 6.45) is 10.2. The molecule has 0 fully saturated rings. The molecule has 0 bridgehead atoms. The molecule has 0 spiro atoms. The lowest BCUT2D eigenvalue weighted by Gasteiger charge is -2.07. The molecule has 166 valence electrons. The summed E-state index contributed by atoms with van der Waals surface area (Å²) in [4.78, 5) is 12.8. The van der Waals surface area contributed by atoms with E-state index in [0.29, 0.717) is 5.82 Å². The molecule has 0 unspecified atom stereocenters. The first kappa shape index (κ1) is 20.0. The molecule has 0 saturated carbocycles. The van der Waals surface area contributed by atoms with Gasteiger partial charge in [-0.2, -0.15) is 15.3 Å². The summed E-state index contributed by atoms with van der Waals surface area (Å²) >= 11 is 0. The number of H-pyrrole nitrogens is 2. The number of nitrogens with one attached hydrogen (secondary N) is 3. The van der Waals surface area contributed by atoms with Gasteiger partial charge >= 0.3 is 0 Å². The molecule has 0 atom stereocenters. The van der Waals surface area contributed by atoms with Crippen molar-refractivity contribution in [2.45, 2.75) is 19.3 Å². The van der Waals surface area contributed by atoms with Gasteiger partial charge in [-0.25, -0.2) is 9.97 Å². The molecule has 0 aliphatic rings. The Kier molecular flexibility index (Phi) is 5.16. The van der Waals surface area contributed by atoms with Gasteiger partial charge in [-0.3, -0.25) is 5.10 Å². The molecule has 0 radical (unpaired) electrons. The van der Waals surface area contributed by atoms with Gasteiger partial charge in [-0.1, -0.05) is 12.1 Å². The van der Waals surface area contributed by atoms with E-state index in [1.54, 1.807) is 12.4 Å². The van der Waals surface area contributed by atoms with Gasteiger partial charge in [0.15, 0.2) is 5.82 Å². The van der Waals surface area contributed by atoms with Crippen molar-refractivity contribution in [2.24, 2.45) is 0 Å². The molecule has 6 rings (SSSR count). The van der Waals surface area contributed by atoms with E-state index in [1.165, 1.54) is 16.6 Å². The van der Waals surface area contributed by atoms with Crippen molar-refractivity contribution in [3.8, 4) is 11.4 Å². The average Bonchev–Trinajstić information content (AvgIpc) is 3.50. The average molecular weight is 447 g/mol. The predicted octanol–water partition coefficient (Wildman–Crippen LogP) is 5.21. The second kappa shape index (κ2) is 8.74. The smallest absolute Gasteiger partial charge is 0.161 e. The normalized spacial score (nSPS) is 11.3. The SMILES string of the molecule is c1cc(CCCc2cc3ccc(-c4nccc(Nc5ccc6[nH]ncc6c5)n4)cc3[nH]2)cnn1. The van der Waals surface area contributed by atoms with Gasteiger partial charge in [-0.05, 0) is 72.7 Å². The maximum Gasteiger partial charge on any atom is 0.161 e. The second-order valence-electron chi connectivity index (χ2n) is 8.26. The molecule has 3 N–H and O–H groups in total. The minimum Gasteiger partial charge on any atom is -0.358 e. The van der Waals surface area contributed by atoms with Crippen molar-refractivity contribution in [2.75, 3.05) is 5.32 Å². The zero-order valence-corrected chi connectivity index (χ0v) is 18.4. The quantitative estimate of drug-likeness (QED) is 0.311. The highest BCUT2D eigenvalue weighted by Crippen LogP contribution is 2.25. The first-order valence-electron chi connectivity index (χ1n) is 11.2. The van der Waals surface area contributed by atoms with Crippen LogP contribution in [-0.4, -0.2) is 35.3 Å². The van der Waals surface area contributed by atoms with Crippen molar-refractivity contribution < 1.29 is 0 Å². The van der Waals surface area contributed by atoms with Crippen molar-refractivity contribution in [1.29, 1.82) is 0 Å². The highest BCUT2D eigenvalue weighted by Gasteiger charge is 2.08. The van der Waals surface area contributed by atoms with E-state index in [0.717, 1.165) is 52.8 Å². The van der Waals surface area contributed by atoms with Crippen LogP contribution in [-0.2, 0) is 12.8 Å². The van der Waals surface area contributed by atoms with Gasteiger partial charge in [0.1, 0.15) is 5.82 Å². The number of hydrogen-bond acceptors (Lipinski definition) is 6. The molecular formula is C26H22N8. The zero-order chi connectivity index (χ0) is 22.7. The Balaban J connectivity index is 1.18. The molecule has 0 amide bonds. The molecule has 0 aliphatic heterocycles. The van der Waals surface area contributed by atoms with Crippen molar-refractivity contribution >= 4 is 33.3 Å². The van der Waals surface area contributed by atoms with Crippen LogP contribution >= 0.6 is 0 Å². The van der Waals surface area contributed by atoms with Gasteiger partial charge in [-0.15, -0.1) is 0 Å². The number of nitrogens with zero attached hydrogens (tertiary/aromatic N) is 5. The summed E-state index contributed by atoms with van der Waals surface area (Å²) < 4.78 is 0. The highest BCUT2D eigenvalue weighted by molar-refractivity contribution is 5.85. The number of hydrogen-bond donors (Lipinski definition) is 3. The first-order chi connectivity index (χ1) is 16.8. The standard InChI is InChI=1S/C26H22N8/c1(2-17-8-11-28-29-15-17)3-21-12-18-4-5-19(14-24(18)31-21)26-27-10-9-25(33-26)32-22-6-7-23-20(13-22)16-30-34-23/h4-16,31H,1-3H2,(H,30,34)(H,27,32,33). The van der Waals surface area contributed by atoms with Crippen molar-refractivity contribution in [3.63, 3.8) is 0 Å². The largest absolute Gasteiger partial charge is 0.358 e. The van der Waals surface area contributed by atoms with Crippen molar-refractivity contribution in [3.05, 3.63) is 90.6 Å². The third-order valence-corrected chi connectivity index (χ3v) is 5.86. The highest BCUT2D eigenvalue weighted by atomic mass is 15.1. The Morgan fingerprint density at radius 1 is 0.794 bits per heavy atom. The molecule has 6 aromatic rings. The Labute approximate surface area is 195 Å². The van der Waals surface area contributed by atoms with E-state index in [4.69, 9.17) is 4.98 Å². The van der Waals surface area contributed by atoms with E-state index < -0.39 is 0 Å². The molecule has 4 heterocycles.